The van der Waals surface area contributed by atoms with Crippen molar-refractivity contribution in [2.24, 2.45) is 10.4 Å². The van der Waals surface area contributed by atoms with Crippen LogP contribution >= 0.6 is 23.2 Å². The average molecular weight is 610 g/mol. The summed E-state index contributed by atoms with van der Waals surface area (Å²) in [6, 6.07) is 13.0. The van der Waals surface area contributed by atoms with Crippen molar-refractivity contribution in [3.8, 4) is 0 Å². The quantitative estimate of drug-likeness (QED) is 0.410. The van der Waals surface area contributed by atoms with Gasteiger partial charge in [-0.1, -0.05) is 47.5 Å². The minimum absolute atomic E-state index is 0.0231. The van der Waals surface area contributed by atoms with Crippen molar-refractivity contribution in [3.05, 3.63) is 64.1 Å². The second kappa shape index (κ2) is 9.68. The molecule has 0 radical (unpaired) electrons. The molecule has 1 heterocycles. The molecule has 40 heavy (non-hydrogen) atoms. The number of hydrogen-bond acceptors (Lipinski definition) is 5. The Balaban J connectivity index is 1.38. The molecule has 2 bridgehead atoms. The molecule has 0 unspecified atom stereocenters. The van der Waals surface area contributed by atoms with E-state index in [1.165, 1.54) is 18.7 Å². The Morgan fingerprint density at radius 1 is 1.10 bits per heavy atom. The van der Waals surface area contributed by atoms with Crippen LogP contribution in [0.2, 0.25) is 10.0 Å². The minimum Gasteiger partial charge on any atom is -0.360 e. The van der Waals surface area contributed by atoms with E-state index in [0.717, 1.165) is 11.4 Å². The van der Waals surface area contributed by atoms with Crippen LogP contribution in [0.15, 0.2) is 58.4 Å². The van der Waals surface area contributed by atoms with Gasteiger partial charge in [-0.05, 0) is 76.8 Å². The predicted molar refractivity (Wildman–Crippen MR) is 156 cm³/mol. The molecule has 1 N–H and O–H groups in total. The van der Waals surface area contributed by atoms with Crippen molar-refractivity contribution >= 4 is 45.0 Å². The van der Waals surface area contributed by atoms with Crippen LogP contribution in [0.3, 0.4) is 0 Å². The highest BCUT2D eigenvalue weighted by Crippen LogP contribution is 2.71. The van der Waals surface area contributed by atoms with E-state index in [4.69, 9.17) is 28.2 Å². The smallest absolute Gasteiger partial charge is 0.247 e. The summed E-state index contributed by atoms with van der Waals surface area (Å²) in [6.07, 6.45) is 1.76. The van der Waals surface area contributed by atoms with Crippen molar-refractivity contribution in [2.75, 3.05) is 13.6 Å². The van der Waals surface area contributed by atoms with Crippen LogP contribution in [0.5, 0.6) is 0 Å². The molecule has 11 heteroatoms. The maximum Gasteiger partial charge on any atom is 0.247 e. The number of nitrogens with one attached hydrogen (secondary N) is 1. The van der Waals surface area contributed by atoms with Gasteiger partial charge in [0.15, 0.2) is 0 Å². The van der Waals surface area contributed by atoms with E-state index in [9.17, 15) is 17.6 Å². The third-order valence-corrected chi connectivity index (χ3v) is 11.0. The number of hydrogen-bond donors (Lipinski definition) is 1. The number of sulfonamides is 1. The third kappa shape index (κ3) is 5.03. The summed E-state index contributed by atoms with van der Waals surface area (Å²) in [7, 11) is -2.23. The Kier molecular flexibility index (Phi) is 7.09. The lowest BCUT2D eigenvalue weighted by Crippen LogP contribution is -2.78. The number of carbonyl (C=O) groups excluding carboxylic acids is 1. The maximum atomic E-state index is 14.2. The molecule has 3 aliphatic carbocycles. The van der Waals surface area contributed by atoms with Gasteiger partial charge in [0.1, 0.15) is 17.5 Å². The summed E-state index contributed by atoms with van der Waals surface area (Å²) in [4.78, 5) is 19.8. The molecule has 7 nitrogen and oxygen atoms in total. The zero-order chi connectivity index (χ0) is 29.3. The highest BCUT2D eigenvalue weighted by Gasteiger charge is 2.75. The number of amidine groups is 1. The average Bonchev–Trinajstić information content (AvgIpc) is 3.12. The van der Waals surface area contributed by atoms with Crippen LogP contribution in [-0.4, -0.2) is 65.7 Å². The maximum absolute atomic E-state index is 14.2. The van der Waals surface area contributed by atoms with Gasteiger partial charge >= 0.3 is 0 Å². The number of nitrogens with zero attached hydrogens (tertiary/aromatic N) is 3. The predicted octanol–water partition coefficient (Wildman–Crippen LogP) is 5.46. The summed E-state index contributed by atoms with van der Waals surface area (Å²) >= 11 is 12.4. The van der Waals surface area contributed by atoms with Gasteiger partial charge in [0.2, 0.25) is 15.9 Å². The number of carbonyl (C=O) groups is 1. The van der Waals surface area contributed by atoms with Gasteiger partial charge < -0.3 is 10.2 Å². The molecule has 4 aliphatic rings. The van der Waals surface area contributed by atoms with Gasteiger partial charge in [0, 0.05) is 24.5 Å². The molecule has 6 rings (SSSR count). The minimum atomic E-state index is -3.83. The Labute approximate surface area is 245 Å². The number of rotatable bonds is 9. The van der Waals surface area contributed by atoms with E-state index < -0.39 is 32.8 Å². The number of benzene rings is 2. The fourth-order valence-electron chi connectivity index (χ4n) is 6.48. The molecule has 1 atom stereocenters. The van der Waals surface area contributed by atoms with Gasteiger partial charge in [-0.3, -0.25) is 9.79 Å². The number of aliphatic imine (C=N–C) groups is 1. The number of alkyl halides is 1. The van der Waals surface area contributed by atoms with Gasteiger partial charge in [-0.2, -0.15) is 4.31 Å². The summed E-state index contributed by atoms with van der Waals surface area (Å²) in [6.45, 7) is 6.80. The van der Waals surface area contributed by atoms with E-state index in [0.29, 0.717) is 29.3 Å². The molecule has 1 aliphatic heterocycles. The van der Waals surface area contributed by atoms with E-state index >= 15 is 0 Å². The fourth-order valence-corrected chi connectivity index (χ4v) is 8.58. The van der Waals surface area contributed by atoms with Crippen molar-refractivity contribution in [1.29, 1.82) is 0 Å². The first-order valence-corrected chi connectivity index (χ1v) is 15.5. The molecular formula is C29H35Cl2FN4O3S. The largest absolute Gasteiger partial charge is 0.360 e. The van der Waals surface area contributed by atoms with Crippen LogP contribution < -0.4 is 5.32 Å². The Hall–Kier alpha value is -2.20. The lowest BCUT2D eigenvalue weighted by Gasteiger charge is -2.72. The van der Waals surface area contributed by atoms with Crippen LogP contribution in [0.1, 0.15) is 52.5 Å². The van der Waals surface area contributed by atoms with Gasteiger partial charge in [0.25, 0.3) is 0 Å². The molecule has 2 aromatic rings. The van der Waals surface area contributed by atoms with Crippen molar-refractivity contribution < 1.29 is 17.6 Å². The molecule has 3 saturated carbocycles. The Bertz CT molecular complexity index is 1450. The summed E-state index contributed by atoms with van der Waals surface area (Å²) < 4.78 is 43.7. The van der Waals surface area contributed by atoms with E-state index in [1.54, 1.807) is 59.9 Å². The first-order chi connectivity index (χ1) is 18.5. The van der Waals surface area contributed by atoms with E-state index in [2.05, 4.69) is 5.32 Å². The van der Waals surface area contributed by atoms with Crippen LogP contribution in [-0.2, 0) is 21.4 Å². The summed E-state index contributed by atoms with van der Waals surface area (Å²) in [5.74, 6) is 0.515. The van der Waals surface area contributed by atoms with Crippen molar-refractivity contribution in [1.82, 2.24) is 14.5 Å². The normalized spacial score (nSPS) is 26.9. The van der Waals surface area contributed by atoms with Crippen molar-refractivity contribution in [2.45, 2.75) is 81.2 Å². The lowest BCUT2D eigenvalue weighted by atomic mass is 9.38. The van der Waals surface area contributed by atoms with Crippen LogP contribution in [0, 0.1) is 5.41 Å². The molecule has 0 saturated heterocycles. The van der Waals surface area contributed by atoms with Gasteiger partial charge in [-0.25, -0.2) is 12.8 Å². The summed E-state index contributed by atoms with van der Waals surface area (Å²) in [5.41, 5.74) is -2.40. The van der Waals surface area contributed by atoms with Crippen molar-refractivity contribution in [3.63, 3.8) is 0 Å². The van der Waals surface area contributed by atoms with Crippen LogP contribution in [0.25, 0.3) is 0 Å². The number of amides is 1. The Morgan fingerprint density at radius 3 is 2.30 bits per heavy atom. The molecule has 216 valence electrons. The monoisotopic (exact) mass is 608 g/mol. The highest BCUT2D eigenvalue weighted by atomic mass is 35.5. The second-order valence-corrected chi connectivity index (χ2v) is 15.4. The molecule has 3 fully saturated rings. The van der Waals surface area contributed by atoms with E-state index in [-0.39, 0.29) is 29.3 Å². The zero-order valence-corrected chi connectivity index (χ0v) is 25.7. The first kappa shape index (κ1) is 29.3. The molecule has 2 aromatic carbocycles. The first-order valence-electron chi connectivity index (χ1n) is 13.3. The molecule has 1 amide bonds. The second-order valence-electron chi connectivity index (χ2n) is 12.7. The topological polar surface area (TPSA) is 82.1 Å². The highest BCUT2D eigenvalue weighted by molar-refractivity contribution is 7.89. The lowest BCUT2D eigenvalue weighted by molar-refractivity contribution is -0.151. The standard InChI is InChI=1S/C29H35Cl2FN4O3S/c1-26(2,32)18-35(5)24(37)23-27(3,4)34-25(33-23)28-15-29(16-28,17-28)36(14-19-11-12-21(30)22(31)13-19)40(38,39)20-9-7-6-8-10-20/h6-13,23H,14-18H2,1-5H3,(H,33,34)/t23-,28?,29?/m0/s1. The summed E-state index contributed by atoms with van der Waals surface area (Å²) in [5, 5.41) is 4.13. The van der Waals surface area contributed by atoms with Gasteiger partial charge in [-0.15, -0.1) is 0 Å². The number of halogens is 3. The van der Waals surface area contributed by atoms with Crippen LogP contribution in [0.4, 0.5) is 4.39 Å². The third-order valence-electron chi connectivity index (χ3n) is 8.30. The molecule has 0 aromatic heterocycles. The zero-order valence-electron chi connectivity index (χ0n) is 23.3. The van der Waals surface area contributed by atoms with E-state index in [1.807, 2.05) is 13.8 Å². The molecular weight excluding hydrogens is 574 g/mol. The Morgan fingerprint density at radius 2 is 1.73 bits per heavy atom. The molecule has 0 spiro atoms. The SMILES string of the molecule is CN(CC(C)(C)F)C(=O)[C@@H]1NC(C23CC(N(Cc4ccc(Cl)c(Cl)c4)S(=O)(=O)c4ccccc4)(C2)C3)=NC1(C)C. The fraction of sp³-hybridized carbons (Fsp3) is 0.517. The number of likely N-dealkylation sites (N-methyl/N-ethyl adjacent to an activating group) is 1. The van der Waals surface area contributed by atoms with Gasteiger partial charge in [0.05, 0.1) is 27.0 Å².